The second-order valence-electron chi connectivity index (χ2n) is 6.87. The summed E-state index contributed by atoms with van der Waals surface area (Å²) >= 11 is 0. The van der Waals surface area contributed by atoms with Crippen molar-refractivity contribution in [2.75, 3.05) is 38.1 Å². The second kappa shape index (κ2) is 8.13. The summed E-state index contributed by atoms with van der Waals surface area (Å²) in [4.78, 5) is 28.7. The van der Waals surface area contributed by atoms with Gasteiger partial charge in [0.15, 0.2) is 5.65 Å². The molecule has 1 saturated heterocycles. The van der Waals surface area contributed by atoms with Gasteiger partial charge in [-0.05, 0) is 29.1 Å². The van der Waals surface area contributed by atoms with Crippen LogP contribution < -0.4 is 15.5 Å². The number of hydrogen-bond donors (Lipinski definition) is 1. The van der Waals surface area contributed by atoms with E-state index in [1.807, 2.05) is 29.2 Å². The maximum absolute atomic E-state index is 12.8. The molecule has 0 saturated carbocycles. The molecule has 1 unspecified atom stereocenters. The number of carbonyl (C=O) groups excluding carboxylic acids is 2. The lowest BCUT2D eigenvalue weighted by Gasteiger charge is -2.35. The van der Waals surface area contributed by atoms with Gasteiger partial charge in [-0.25, -0.2) is 0 Å². The molecule has 2 aromatic heterocycles. The van der Waals surface area contributed by atoms with Gasteiger partial charge in [0, 0.05) is 38.8 Å². The smallest absolute Gasteiger partial charge is 0.251 e. The van der Waals surface area contributed by atoms with E-state index in [0.717, 1.165) is 16.7 Å². The molecular formula is C19H22N7O2P. The number of benzene rings is 1. The summed E-state index contributed by atoms with van der Waals surface area (Å²) < 4.78 is 1.65. The first-order chi connectivity index (χ1) is 14.0. The first-order valence-electron chi connectivity index (χ1n) is 9.35. The largest absolute Gasteiger partial charge is 0.355 e. The molecule has 1 aliphatic rings. The van der Waals surface area contributed by atoms with Gasteiger partial charge in [-0.2, -0.15) is 4.52 Å². The SMILES string of the molecule is CNC(=O)c1cc(CC(=O)N2CCN(c3ccc4nncn4n3)CC2)ccc1P. The zero-order valence-corrected chi connectivity index (χ0v) is 17.2. The standard InChI is InChI=1S/C19H22N7O2P/c1-20-19(28)14-10-13(2-3-15(14)29)11-18(27)25-8-6-24(7-9-25)17-5-4-16-22-21-12-26(16)23-17/h2-5,10,12H,6-9,11,29H2,1H3,(H,20,28). The number of hydrogen-bond acceptors (Lipinski definition) is 6. The van der Waals surface area contributed by atoms with E-state index >= 15 is 0 Å². The molecule has 0 radical (unpaired) electrons. The summed E-state index contributed by atoms with van der Waals surface area (Å²) in [5.41, 5.74) is 2.11. The molecular weight excluding hydrogens is 389 g/mol. The van der Waals surface area contributed by atoms with E-state index in [-0.39, 0.29) is 18.2 Å². The van der Waals surface area contributed by atoms with Crippen molar-refractivity contribution in [2.24, 2.45) is 0 Å². The monoisotopic (exact) mass is 411 g/mol. The molecule has 9 nitrogen and oxygen atoms in total. The van der Waals surface area contributed by atoms with Crippen LogP contribution in [0.5, 0.6) is 0 Å². The van der Waals surface area contributed by atoms with Gasteiger partial charge in [0.05, 0.1) is 6.42 Å². The first-order valence-corrected chi connectivity index (χ1v) is 9.93. The van der Waals surface area contributed by atoms with Crippen molar-refractivity contribution in [3.8, 4) is 0 Å². The predicted octanol–water partition coefficient (Wildman–Crippen LogP) is -0.124. The fourth-order valence-electron chi connectivity index (χ4n) is 3.40. The zero-order chi connectivity index (χ0) is 20.4. The van der Waals surface area contributed by atoms with Crippen LogP contribution in [0.25, 0.3) is 5.65 Å². The fraction of sp³-hybridized carbons (Fsp3) is 0.316. The lowest BCUT2D eigenvalue weighted by Crippen LogP contribution is -2.49. The Hall–Kier alpha value is -3.06. The Morgan fingerprint density at radius 2 is 1.93 bits per heavy atom. The second-order valence-corrected chi connectivity index (χ2v) is 7.49. The third kappa shape index (κ3) is 4.05. The number of amides is 2. The Kier molecular flexibility index (Phi) is 5.40. The molecule has 150 valence electrons. The van der Waals surface area contributed by atoms with Crippen molar-refractivity contribution >= 4 is 37.8 Å². The van der Waals surface area contributed by atoms with Crippen molar-refractivity contribution in [3.05, 3.63) is 47.8 Å². The van der Waals surface area contributed by atoms with Crippen LogP contribution in [0.4, 0.5) is 5.82 Å². The molecule has 1 N–H and O–H groups in total. The number of nitrogens with zero attached hydrogens (tertiary/aromatic N) is 6. The minimum atomic E-state index is -0.157. The van der Waals surface area contributed by atoms with Crippen molar-refractivity contribution in [1.82, 2.24) is 30.0 Å². The van der Waals surface area contributed by atoms with Gasteiger partial charge in [0.1, 0.15) is 12.1 Å². The van der Waals surface area contributed by atoms with Crippen LogP contribution in [-0.4, -0.2) is 69.8 Å². The van der Waals surface area contributed by atoms with E-state index in [0.29, 0.717) is 37.4 Å². The normalized spacial score (nSPS) is 14.3. The summed E-state index contributed by atoms with van der Waals surface area (Å²) in [5, 5.41) is 15.8. The number of nitrogens with one attached hydrogen (secondary N) is 1. The van der Waals surface area contributed by atoms with Gasteiger partial charge >= 0.3 is 0 Å². The highest BCUT2D eigenvalue weighted by atomic mass is 31.0. The average molecular weight is 411 g/mol. The molecule has 1 aromatic carbocycles. The van der Waals surface area contributed by atoms with Crippen molar-refractivity contribution in [3.63, 3.8) is 0 Å². The van der Waals surface area contributed by atoms with Crippen molar-refractivity contribution < 1.29 is 9.59 Å². The van der Waals surface area contributed by atoms with Crippen LogP contribution in [-0.2, 0) is 11.2 Å². The Labute approximate surface area is 170 Å². The van der Waals surface area contributed by atoms with Crippen molar-refractivity contribution in [2.45, 2.75) is 6.42 Å². The Morgan fingerprint density at radius 1 is 1.14 bits per heavy atom. The third-order valence-electron chi connectivity index (χ3n) is 5.05. The molecule has 0 bridgehead atoms. The Bertz CT molecular complexity index is 1060. The van der Waals surface area contributed by atoms with Gasteiger partial charge < -0.3 is 15.1 Å². The van der Waals surface area contributed by atoms with Crippen LogP contribution in [0.1, 0.15) is 15.9 Å². The minimum absolute atomic E-state index is 0.0613. The van der Waals surface area contributed by atoms with Gasteiger partial charge in [0.2, 0.25) is 5.91 Å². The summed E-state index contributed by atoms with van der Waals surface area (Å²) in [5.74, 6) is 0.748. The van der Waals surface area contributed by atoms with Gasteiger partial charge in [-0.1, -0.05) is 12.1 Å². The lowest BCUT2D eigenvalue weighted by atomic mass is 10.1. The van der Waals surface area contributed by atoms with Gasteiger partial charge in [-0.3, -0.25) is 9.59 Å². The summed E-state index contributed by atoms with van der Waals surface area (Å²) in [6.45, 7) is 2.68. The highest BCUT2D eigenvalue weighted by molar-refractivity contribution is 7.27. The van der Waals surface area contributed by atoms with Crippen LogP contribution in [0.15, 0.2) is 36.7 Å². The van der Waals surface area contributed by atoms with Gasteiger partial charge in [0.25, 0.3) is 5.91 Å². The number of carbonyl (C=O) groups is 2. The zero-order valence-electron chi connectivity index (χ0n) is 16.1. The fourth-order valence-corrected chi connectivity index (χ4v) is 3.71. The summed E-state index contributed by atoms with van der Waals surface area (Å²) in [7, 11) is 4.15. The summed E-state index contributed by atoms with van der Waals surface area (Å²) in [6, 6.07) is 9.33. The highest BCUT2D eigenvalue weighted by Gasteiger charge is 2.22. The molecule has 2 amide bonds. The molecule has 0 aliphatic carbocycles. The summed E-state index contributed by atoms with van der Waals surface area (Å²) in [6.07, 6.45) is 1.85. The van der Waals surface area contributed by atoms with Gasteiger partial charge in [-0.15, -0.1) is 24.5 Å². The molecule has 4 rings (SSSR count). The lowest BCUT2D eigenvalue weighted by molar-refractivity contribution is -0.130. The Balaban J connectivity index is 1.38. The molecule has 1 fully saturated rings. The van der Waals surface area contributed by atoms with E-state index in [9.17, 15) is 9.59 Å². The molecule has 3 aromatic rings. The van der Waals surface area contributed by atoms with Crippen LogP contribution in [0.3, 0.4) is 0 Å². The number of aromatic nitrogens is 4. The Morgan fingerprint density at radius 3 is 2.69 bits per heavy atom. The number of rotatable bonds is 4. The predicted molar refractivity (Wildman–Crippen MR) is 112 cm³/mol. The maximum atomic E-state index is 12.8. The van der Waals surface area contributed by atoms with E-state index in [1.165, 1.54) is 0 Å². The van der Waals surface area contributed by atoms with Crippen LogP contribution in [0, 0.1) is 0 Å². The molecule has 1 atom stereocenters. The number of piperazine rings is 1. The molecule has 10 heteroatoms. The third-order valence-corrected chi connectivity index (χ3v) is 5.55. The topological polar surface area (TPSA) is 95.7 Å². The minimum Gasteiger partial charge on any atom is -0.355 e. The van der Waals surface area contributed by atoms with E-state index < -0.39 is 0 Å². The van der Waals surface area contributed by atoms with E-state index in [2.05, 4.69) is 34.8 Å². The first kappa shape index (κ1) is 19.3. The molecule has 3 heterocycles. The molecule has 1 aliphatic heterocycles. The van der Waals surface area contributed by atoms with E-state index in [4.69, 9.17) is 0 Å². The molecule has 0 spiro atoms. The van der Waals surface area contributed by atoms with Crippen LogP contribution in [0.2, 0.25) is 0 Å². The van der Waals surface area contributed by atoms with E-state index in [1.54, 1.807) is 24.0 Å². The maximum Gasteiger partial charge on any atom is 0.251 e. The van der Waals surface area contributed by atoms with Crippen molar-refractivity contribution in [1.29, 1.82) is 0 Å². The highest BCUT2D eigenvalue weighted by Crippen LogP contribution is 2.15. The molecule has 29 heavy (non-hydrogen) atoms. The average Bonchev–Trinajstić information content (AvgIpc) is 3.22. The number of anilines is 1. The van der Waals surface area contributed by atoms with Crippen LogP contribution >= 0.6 is 9.24 Å². The quantitative estimate of drug-likeness (QED) is 0.602. The number of fused-ring (bicyclic) bond motifs is 1.